The van der Waals surface area contributed by atoms with E-state index in [2.05, 4.69) is 38.9 Å². The Balaban J connectivity index is 1.43. The van der Waals surface area contributed by atoms with Gasteiger partial charge in [0.25, 0.3) is 0 Å². The van der Waals surface area contributed by atoms with Crippen LogP contribution in [0.3, 0.4) is 0 Å². The van der Waals surface area contributed by atoms with E-state index >= 15 is 0 Å². The van der Waals surface area contributed by atoms with Crippen molar-refractivity contribution in [2.75, 3.05) is 70.6 Å². The summed E-state index contributed by atoms with van der Waals surface area (Å²) in [4.78, 5) is 52.9. The van der Waals surface area contributed by atoms with Gasteiger partial charge in [0, 0.05) is 50.9 Å². The number of carbonyl (C=O) groups is 3. The molecule has 13 heteroatoms. The van der Waals surface area contributed by atoms with E-state index in [4.69, 9.17) is 15.2 Å². The van der Waals surface area contributed by atoms with Gasteiger partial charge in [0.05, 0.1) is 24.7 Å². The maximum absolute atomic E-state index is 13.8. The number of ether oxygens (including phenoxy) is 2. The molecule has 0 saturated carbocycles. The molecule has 0 radical (unpaired) electrons. The summed E-state index contributed by atoms with van der Waals surface area (Å²) in [6, 6.07) is 3.72. The molecule has 1 fully saturated rings. The molecular formula is C32H48FN7O5. The van der Waals surface area contributed by atoms with Crippen molar-refractivity contribution in [3.63, 3.8) is 0 Å². The number of piperidine rings is 1. The van der Waals surface area contributed by atoms with Crippen LogP contribution >= 0.6 is 0 Å². The number of likely N-dealkylation sites (tertiary alicyclic amines) is 1. The average molecular weight is 630 g/mol. The molecule has 1 unspecified atom stereocenters. The highest BCUT2D eigenvalue weighted by molar-refractivity contribution is 6.13. The molecule has 45 heavy (non-hydrogen) atoms. The first-order chi connectivity index (χ1) is 21.6. The number of hydrogen-bond acceptors (Lipinski definition) is 11. The first kappa shape index (κ1) is 35.6. The van der Waals surface area contributed by atoms with Crippen molar-refractivity contribution in [3.05, 3.63) is 41.3 Å². The van der Waals surface area contributed by atoms with E-state index in [-0.39, 0.29) is 52.6 Å². The summed E-state index contributed by atoms with van der Waals surface area (Å²) in [5.74, 6) is -0.736. The number of nitrogens with two attached hydrogens (primary N) is 1. The summed E-state index contributed by atoms with van der Waals surface area (Å²) in [5.41, 5.74) is 6.17. The number of esters is 1. The van der Waals surface area contributed by atoms with Crippen LogP contribution in [0.5, 0.6) is 5.75 Å². The van der Waals surface area contributed by atoms with Gasteiger partial charge in [-0.25, -0.2) is 9.37 Å². The van der Waals surface area contributed by atoms with Gasteiger partial charge in [-0.2, -0.15) is 4.98 Å². The predicted octanol–water partition coefficient (Wildman–Crippen LogP) is 3.22. The van der Waals surface area contributed by atoms with Crippen LogP contribution in [0.25, 0.3) is 0 Å². The standard InChI is InChI=1S/C32H48FN7O5/c1-6-38(7-2)15-14-29(42)45-21-22(4)39(8-3)18-13-28(41)40-16-11-24(12-17-40)36-32-35-20-26(31(34)37-32)30(43)25-19-23(33)9-10-27(25)44-5/h9-10,19-20,22,24H,6-8,11-18,21H2,1-5H3,(H3,34,35,36,37). The molecule has 1 aliphatic rings. The summed E-state index contributed by atoms with van der Waals surface area (Å²) in [5, 5.41) is 3.25. The Morgan fingerprint density at radius 3 is 2.42 bits per heavy atom. The third-order valence-electron chi connectivity index (χ3n) is 8.30. The topological polar surface area (TPSA) is 143 Å². The molecule has 3 N–H and O–H groups in total. The first-order valence-electron chi connectivity index (χ1n) is 15.8. The maximum Gasteiger partial charge on any atom is 0.307 e. The number of rotatable bonds is 17. The Morgan fingerprint density at radius 1 is 1.09 bits per heavy atom. The van der Waals surface area contributed by atoms with E-state index in [0.29, 0.717) is 58.5 Å². The van der Waals surface area contributed by atoms with Gasteiger partial charge in [-0.05, 0) is 57.6 Å². The summed E-state index contributed by atoms with van der Waals surface area (Å²) in [7, 11) is 1.40. The molecule has 248 valence electrons. The number of benzene rings is 1. The number of nitrogen functional groups attached to an aromatic ring is 1. The molecule has 2 heterocycles. The van der Waals surface area contributed by atoms with Crippen LogP contribution < -0.4 is 15.8 Å². The van der Waals surface area contributed by atoms with Crippen molar-refractivity contribution in [3.8, 4) is 5.75 Å². The monoisotopic (exact) mass is 629 g/mol. The molecule has 1 aromatic carbocycles. The summed E-state index contributed by atoms with van der Waals surface area (Å²) in [6.45, 7) is 13.5. The Bertz CT molecular complexity index is 1280. The van der Waals surface area contributed by atoms with E-state index in [0.717, 1.165) is 25.7 Å². The minimum absolute atomic E-state index is 0.0140. The first-order valence-corrected chi connectivity index (χ1v) is 15.8. The number of anilines is 2. The van der Waals surface area contributed by atoms with Crippen LogP contribution in [0.2, 0.25) is 0 Å². The highest BCUT2D eigenvalue weighted by Gasteiger charge is 2.25. The van der Waals surface area contributed by atoms with Crippen LogP contribution in [0.15, 0.2) is 24.4 Å². The van der Waals surface area contributed by atoms with Crippen molar-refractivity contribution in [1.29, 1.82) is 0 Å². The number of likely N-dealkylation sites (N-methyl/N-ethyl adjacent to an activating group) is 1. The Kier molecular flexibility index (Phi) is 13.9. The lowest BCUT2D eigenvalue weighted by molar-refractivity contribution is -0.146. The zero-order valence-electron chi connectivity index (χ0n) is 27.2. The Hall–Kier alpha value is -3.84. The normalized spacial score (nSPS) is 14.4. The number of halogens is 1. The fourth-order valence-corrected chi connectivity index (χ4v) is 5.37. The highest BCUT2D eigenvalue weighted by Crippen LogP contribution is 2.25. The summed E-state index contributed by atoms with van der Waals surface area (Å²) in [6.07, 6.45) is 3.49. The SMILES string of the molecule is CCN(CC)CCC(=O)OCC(C)N(CC)CCC(=O)N1CCC(Nc2ncc(C(=O)c3cc(F)ccc3OC)c(N)n2)CC1. The number of aromatic nitrogens is 2. The van der Waals surface area contributed by atoms with Crippen LogP contribution in [-0.4, -0.2) is 114 Å². The average Bonchev–Trinajstić information content (AvgIpc) is 3.04. The lowest BCUT2D eigenvalue weighted by atomic mass is 10.0. The van der Waals surface area contributed by atoms with Crippen LogP contribution in [0.1, 0.15) is 69.3 Å². The van der Waals surface area contributed by atoms with Gasteiger partial charge in [0.15, 0.2) is 0 Å². The number of ketones is 1. The zero-order valence-corrected chi connectivity index (χ0v) is 27.2. The minimum Gasteiger partial charge on any atom is -0.496 e. The number of nitrogens with one attached hydrogen (secondary N) is 1. The number of methoxy groups -OCH3 is 1. The second-order valence-electron chi connectivity index (χ2n) is 11.2. The molecular weight excluding hydrogens is 581 g/mol. The second-order valence-corrected chi connectivity index (χ2v) is 11.2. The van der Waals surface area contributed by atoms with Crippen molar-refractivity contribution in [2.24, 2.45) is 0 Å². The molecule has 0 bridgehead atoms. The fraction of sp³-hybridized carbons (Fsp3) is 0.594. The molecule has 1 atom stereocenters. The molecule has 1 aliphatic heterocycles. The number of nitrogens with zero attached hydrogens (tertiary/aromatic N) is 5. The molecule has 0 aliphatic carbocycles. The molecule has 0 spiro atoms. The van der Waals surface area contributed by atoms with Crippen LogP contribution in [0, 0.1) is 5.82 Å². The van der Waals surface area contributed by atoms with E-state index in [9.17, 15) is 18.8 Å². The zero-order chi connectivity index (χ0) is 32.9. The Labute approximate surface area is 265 Å². The number of hydrogen-bond donors (Lipinski definition) is 2. The van der Waals surface area contributed by atoms with Gasteiger partial charge in [-0.15, -0.1) is 0 Å². The maximum atomic E-state index is 13.8. The third kappa shape index (κ3) is 10.4. The van der Waals surface area contributed by atoms with Gasteiger partial charge in [-0.1, -0.05) is 20.8 Å². The molecule has 3 rings (SSSR count). The van der Waals surface area contributed by atoms with Gasteiger partial charge < -0.3 is 30.3 Å². The quantitative estimate of drug-likeness (QED) is 0.197. The van der Waals surface area contributed by atoms with Crippen LogP contribution in [0.4, 0.5) is 16.2 Å². The largest absolute Gasteiger partial charge is 0.496 e. The van der Waals surface area contributed by atoms with Gasteiger partial charge in [0.1, 0.15) is 24.0 Å². The number of carbonyl (C=O) groups excluding carboxylic acids is 3. The predicted molar refractivity (Wildman–Crippen MR) is 171 cm³/mol. The molecule has 12 nitrogen and oxygen atoms in total. The Morgan fingerprint density at radius 2 is 1.80 bits per heavy atom. The summed E-state index contributed by atoms with van der Waals surface area (Å²) >= 11 is 0. The molecule has 2 aromatic rings. The van der Waals surface area contributed by atoms with E-state index in [1.165, 1.54) is 25.4 Å². The minimum atomic E-state index is -0.571. The van der Waals surface area contributed by atoms with Gasteiger partial charge in [-0.3, -0.25) is 19.3 Å². The lowest BCUT2D eigenvalue weighted by Gasteiger charge is -2.33. The van der Waals surface area contributed by atoms with E-state index in [1.807, 2.05) is 18.7 Å². The smallest absolute Gasteiger partial charge is 0.307 e. The second kappa shape index (κ2) is 17.6. The van der Waals surface area contributed by atoms with Crippen molar-refractivity contribution < 1.29 is 28.2 Å². The molecule has 1 saturated heterocycles. The number of amides is 1. The molecule has 1 amide bonds. The summed E-state index contributed by atoms with van der Waals surface area (Å²) < 4.78 is 24.5. The van der Waals surface area contributed by atoms with E-state index in [1.54, 1.807) is 0 Å². The third-order valence-corrected chi connectivity index (χ3v) is 8.30. The van der Waals surface area contributed by atoms with Crippen LogP contribution in [-0.2, 0) is 14.3 Å². The van der Waals surface area contributed by atoms with Crippen molar-refractivity contribution in [1.82, 2.24) is 24.7 Å². The van der Waals surface area contributed by atoms with Crippen molar-refractivity contribution >= 4 is 29.4 Å². The molecule has 1 aromatic heterocycles. The van der Waals surface area contributed by atoms with E-state index < -0.39 is 11.6 Å². The fourth-order valence-electron chi connectivity index (χ4n) is 5.37. The highest BCUT2D eigenvalue weighted by atomic mass is 19.1. The van der Waals surface area contributed by atoms with Gasteiger partial charge in [0.2, 0.25) is 17.6 Å². The van der Waals surface area contributed by atoms with Gasteiger partial charge >= 0.3 is 5.97 Å². The van der Waals surface area contributed by atoms with Crippen molar-refractivity contribution in [2.45, 2.75) is 65.5 Å². The lowest BCUT2D eigenvalue weighted by Crippen LogP contribution is -2.44.